The fourth-order valence-corrected chi connectivity index (χ4v) is 4.02. The van der Waals surface area contributed by atoms with Crippen LogP contribution in [0.25, 0.3) is 0 Å². The van der Waals surface area contributed by atoms with Gasteiger partial charge in [-0.15, -0.1) is 0 Å². The Bertz CT molecular complexity index is 372. The topological polar surface area (TPSA) is 67.2 Å². The van der Waals surface area contributed by atoms with Crippen LogP contribution in [0.2, 0.25) is 0 Å². The molecule has 0 spiro atoms. The van der Waals surface area contributed by atoms with Crippen LogP contribution in [0.1, 0.15) is 40.0 Å². The summed E-state index contributed by atoms with van der Waals surface area (Å²) in [4.78, 5) is 7.37. The van der Waals surface area contributed by atoms with Crippen LogP contribution in [-0.2, 0) is 17.2 Å². The average molecular weight is 459 g/mol. The lowest BCUT2D eigenvalue weighted by molar-refractivity contribution is -0.181. The first-order valence-electron chi connectivity index (χ1n) is 7.90. The Labute approximate surface area is 154 Å². The van der Waals surface area contributed by atoms with Crippen LogP contribution >= 0.6 is 31.5 Å². The molecule has 1 aliphatic rings. The maximum absolute atomic E-state index is 8.70. The van der Waals surface area contributed by atoms with Crippen LogP contribution in [0.3, 0.4) is 0 Å². The SMILES string of the molecule is CCN1C(COOI)CCC1OP(OCCC#N)N(C)C(C)C. The smallest absolute Gasteiger partial charge is 0.260 e. The van der Waals surface area contributed by atoms with E-state index in [1.54, 1.807) is 23.0 Å². The quantitative estimate of drug-likeness (QED) is 0.154. The molecule has 0 aromatic rings. The van der Waals surface area contributed by atoms with Gasteiger partial charge in [0.2, 0.25) is 0 Å². The minimum atomic E-state index is -1.18. The summed E-state index contributed by atoms with van der Waals surface area (Å²) < 4.78 is 18.9. The molecule has 3 atom stereocenters. The number of hydrogen-bond donors (Lipinski definition) is 0. The molecule has 1 rings (SSSR count). The van der Waals surface area contributed by atoms with Gasteiger partial charge in [0, 0.05) is 12.1 Å². The molecule has 0 radical (unpaired) electrons. The summed E-state index contributed by atoms with van der Waals surface area (Å²) in [5, 5.41) is 8.70. The van der Waals surface area contributed by atoms with Crippen molar-refractivity contribution in [3.63, 3.8) is 0 Å². The van der Waals surface area contributed by atoms with Crippen LogP contribution in [-0.4, -0.2) is 54.7 Å². The van der Waals surface area contributed by atoms with Gasteiger partial charge in [0.25, 0.3) is 8.53 Å². The molecule has 0 aliphatic carbocycles. The van der Waals surface area contributed by atoms with E-state index in [2.05, 4.69) is 36.4 Å². The Morgan fingerprint density at radius 1 is 1.43 bits per heavy atom. The Morgan fingerprint density at radius 2 is 2.17 bits per heavy atom. The summed E-state index contributed by atoms with van der Waals surface area (Å²) in [6.45, 7) is 8.13. The summed E-state index contributed by atoms with van der Waals surface area (Å²) in [6, 6.07) is 2.71. The van der Waals surface area contributed by atoms with E-state index >= 15 is 0 Å². The third-order valence-electron chi connectivity index (χ3n) is 3.89. The molecule has 1 saturated heterocycles. The normalized spacial score (nSPS) is 23.6. The standard InChI is InChI=1S/C14H27IN3O4P/c1-5-18-13(11-19-22-15)7-8-14(18)21-23(17(4)12(2)3)20-10-6-9-16/h12-14H,5-8,10-11H2,1-4H3. The molecule has 1 heterocycles. The van der Waals surface area contributed by atoms with Crippen molar-refractivity contribution >= 4 is 31.5 Å². The predicted molar refractivity (Wildman–Crippen MR) is 97.3 cm³/mol. The van der Waals surface area contributed by atoms with Crippen molar-refractivity contribution in [3.05, 3.63) is 0 Å². The fraction of sp³-hybridized carbons (Fsp3) is 0.929. The second-order valence-corrected chi connectivity index (χ2v) is 7.55. The van der Waals surface area contributed by atoms with Crippen molar-refractivity contribution in [1.29, 1.82) is 5.26 Å². The van der Waals surface area contributed by atoms with Crippen molar-refractivity contribution < 1.29 is 17.2 Å². The number of nitriles is 1. The zero-order chi connectivity index (χ0) is 17.2. The second-order valence-electron chi connectivity index (χ2n) is 5.62. The molecule has 0 amide bonds. The van der Waals surface area contributed by atoms with Crippen LogP contribution < -0.4 is 0 Å². The molecule has 0 saturated carbocycles. The Balaban J connectivity index is 2.64. The largest absolute Gasteiger partial charge is 0.321 e. The molecule has 9 heteroatoms. The minimum Gasteiger partial charge on any atom is -0.321 e. The third kappa shape index (κ3) is 7.04. The lowest BCUT2D eigenvalue weighted by Gasteiger charge is -2.34. The average Bonchev–Trinajstić information content (AvgIpc) is 2.92. The zero-order valence-corrected chi connectivity index (χ0v) is 17.3. The van der Waals surface area contributed by atoms with Gasteiger partial charge in [-0.3, -0.25) is 4.90 Å². The highest BCUT2D eigenvalue weighted by molar-refractivity contribution is 14.1. The van der Waals surface area contributed by atoms with Crippen molar-refractivity contribution in [2.24, 2.45) is 0 Å². The van der Waals surface area contributed by atoms with Gasteiger partial charge in [-0.25, -0.2) is 9.56 Å². The molecule has 7 nitrogen and oxygen atoms in total. The summed E-state index contributed by atoms with van der Waals surface area (Å²) in [5.74, 6) is 0. The van der Waals surface area contributed by atoms with Crippen LogP contribution in [0.4, 0.5) is 0 Å². The van der Waals surface area contributed by atoms with Crippen LogP contribution in [0.15, 0.2) is 0 Å². The molecule has 0 N–H and O–H groups in total. The Kier molecular flexibility index (Phi) is 11.1. The fourth-order valence-electron chi connectivity index (χ4n) is 2.42. The molecule has 0 aromatic heterocycles. The minimum absolute atomic E-state index is 0.0113. The highest BCUT2D eigenvalue weighted by atomic mass is 127. The maximum Gasteiger partial charge on any atom is 0.260 e. The number of halogens is 1. The molecular weight excluding hydrogens is 432 g/mol. The van der Waals surface area contributed by atoms with Gasteiger partial charge in [-0.05, 0) is 40.3 Å². The molecule has 0 aromatic carbocycles. The summed E-state index contributed by atoms with van der Waals surface area (Å²) in [5.41, 5.74) is 0. The van der Waals surface area contributed by atoms with E-state index in [0.29, 0.717) is 31.7 Å². The van der Waals surface area contributed by atoms with E-state index in [-0.39, 0.29) is 6.23 Å². The first-order chi connectivity index (χ1) is 11.0. The number of hydrogen-bond acceptors (Lipinski definition) is 7. The Hall–Kier alpha value is 0.410. The number of likely N-dealkylation sites (N-methyl/N-ethyl adjacent to an activating group) is 1. The number of nitrogens with zero attached hydrogens (tertiary/aromatic N) is 3. The summed E-state index contributed by atoms with van der Waals surface area (Å²) >= 11 is 1.73. The van der Waals surface area contributed by atoms with E-state index in [1.165, 1.54) is 0 Å². The van der Waals surface area contributed by atoms with Gasteiger partial charge < -0.3 is 9.05 Å². The lowest BCUT2D eigenvalue weighted by Crippen LogP contribution is -2.40. The first-order valence-corrected chi connectivity index (χ1v) is 9.91. The zero-order valence-electron chi connectivity index (χ0n) is 14.3. The highest BCUT2D eigenvalue weighted by Gasteiger charge is 2.36. The third-order valence-corrected chi connectivity index (χ3v) is 5.95. The van der Waals surface area contributed by atoms with Gasteiger partial charge in [0.15, 0.2) is 23.0 Å². The molecule has 0 bridgehead atoms. The van der Waals surface area contributed by atoms with Crippen molar-refractivity contribution in [2.75, 3.05) is 26.8 Å². The summed E-state index contributed by atoms with van der Waals surface area (Å²) in [7, 11) is 0.817. The van der Waals surface area contributed by atoms with E-state index in [1.807, 2.05) is 7.05 Å². The molecule has 1 aliphatic heterocycles. The van der Waals surface area contributed by atoms with Crippen LogP contribution in [0, 0.1) is 11.3 Å². The monoisotopic (exact) mass is 459 g/mol. The van der Waals surface area contributed by atoms with Crippen molar-refractivity contribution in [1.82, 2.24) is 9.57 Å². The maximum atomic E-state index is 8.70. The van der Waals surface area contributed by atoms with Gasteiger partial charge in [0.1, 0.15) is 6.23 Å². The van der Waals surface area contributed by atoms with Gasteiger partial charge in [-0.1, -0.05) is 6.92 Å². The second kappa shape index (κ2) is 11.9. The van der Waals surface area contributed by atoms with Gasteiger partial charge in [-0.2, -0.15) is 8.48 Å². The van der Waals surface area contributed by atoms with E-state index in [0.717, 1.165) is 19.4 Å². The van der Waals surface area contributed by atoms with E-state index < -0.39 is 8.53 Å². The highest BCUT2D eigenvalue weighted by Crippen LogP contribution is 2.46. The van der Waals surface area contributed by atoms with Crippen molar-refractivity contribution in [3.8, 4) is 6.07 Å². The van der Waals surface area contributed by atoms with Gasteiger partial charge >= 0.3 is 0 Å². The van der Waals surface area contributed by atoms with Gasteiger partial charge in [0.05, 0.1) is 25.7 Å². The molecule has 23 heavy (non-hydrogen) atoms. The molecule has 3 unspecified atom stereocenters. The van der Waals surface area contributed by atoms with Crippen LogP contribution in [0.5, 0.6) is 0 Å². The Morgan fingerprint density at radius 3 is 2.74 bits per heavy atom. The number of rotatable bonds is 11. The molecule has 134 valence electrons. The first kappa shape index (κ1) is 21.5. The van der Waals surface area contributed by atoms with E-state index in [4.69, 9.17) is 22.4 Å². The predicted octanol–water partition coefficient (Wildman–Crippen LogP) is 3.61. The van der Waals surface area contributed by atoms with E-state index in [9.17, 15) is 0 Å². The molecular formula is C14H27IN3O4P. The van der Waals surface area contributed by atoms with Crippen molar-refractivity contribution in [2.45, 2.75) is 58.3 Å². The molecule has 1 fully saturated rings. The summed E-state index contributed by atoms with van der Waals surface area (Å²) in [6.07, 6.45) is 2.33. The lowest BCUT2D eigenvalue weighted by atomic mass is 10.2. The number of likely N-dealkylation sites (tertiary alicyclic amines) is 1.